The van der Waals surface area contributed by atoms with Crippen molar-refractivity contribution in [2.45, 2.75) is 26.1 Å². The van der Waals surface area contributed by atoms with Crippen LogP contribution >= 0.6 is 15.9 Å². The molecule has 1 atom stereocenters. The van der Waals surface area contributed by atoms with E-state index in [9.17, 15) is 18.0 Å². The van der Waals surface area contributed by atoms with Crippen molar-refractivity contribution in [1.29, 1.82) is 0 Å². The van der Waals surface area contributed by atoms with E-state index in [-0.39, 0.29) is 16.1 Å². The summed E-state index contributed by atoms with van der Waals surface area (Å²) in [5, 5.41) is 3.63. The molecule has 1 amide bonds. The molecule has 1 aliphatic rings. The number of alkyl halides is 3. The highest BCUT2D eigenvalue weighted by Gasteiger charge is 2.39. The summed E-state index contributed by atoms with van der Waals surface area (Å²) in [4.78, 5) is 24.8. The summed E-state index contributed by atoms with van der Waals surface area (Å²) in [6.45, 7) is 5.04. The lowest BCUT2D eigenvalue weighted by Crippen LogP contribution is -2.50. The Bertz CT molecular complexity index is 818. The maximum absolute atomic E-state index is 13.0. The zero-order valence-corrected chi connectivity index (χ0v) is 16.3. The average molecular weight is 447 g/mol. The average Bonchev–Trinajstić information content (AvgIpc) is 2.97. The smallest absolute Gasteiger partial charge is 0.337 e. The topological polar surface area (TPSA) is 67.2 Å². The number of carbonyl (C=O) groups excluding carboxylic acids is 1. The number of nitrogens with zero attached hydrogens (tertiary/aromatic N) is 6. The van der Waals surface area contributed by atoms with Crippen LogP contribution in [-0.4, -0.2) is 56.7 Å². The van der Waals surface area contributed by atoms with Gasteiger partial charge in [0.15, 0.2) is 5.69 Å². The van der Waals surface area contributed by atoms with Gasteiger partial charge in [-0.2, -0.15) is 18.3 Å². The Labute approximate surface area is 162 Å². The fourth-order valence-electron chi connectivity index (χ4n) is 3.01. The first-order valence-electron chi connectivity index (χ1n) is 8.32. The second kappa shape index (κ2) is 7.45. The molecule has 1 fully saturated rings. The number of hydrogen-bond acceptors (Lipinski definition) is 5. The van der Waals surface area contributed by atoms with E-state index in [4.69, 9.17) is 0 Å². The largest absolute Gasteiger partial charge is 0.436 e. The number of piperazine rings is 1. The fraction of sp³-hybridized carbons (Fsp3) is 0.500. The van der Waals surface area contributed by atoms with Crippen molar-refractivity contribution in [2.75, 3.05) is 31.1 Å². The lowest BCUT2D eigenvalue weighted by molar-refractivity contribution is -0.143. The number of anilines is 1. The van der Waals surface area contributed by atoms with Crippen molar-refractivity contribution in [1.82, 2.24) is 24.6 Å². The summed E-state index contributed by atoms with van der Waals surface area (Å²) in [5.41, 5.74) is -0.759. The summed E-state index contributed by atoms with van der Waals surface area (Å²) >= 11 is 2.94. The summed E-state index contributed by atoms with van der Waals surface area (Å²) < 4.78 is 40.1. The number of rotatable bonds is 3. The standard InChI is InChI=1S/C16H18BrF3N6O/c1-10-12(17)13(16(18,19)20)23-26(10)11(2)14(27)24-6-8-25(9-7-24)15-21-4-3-5-22-15/h3-5,11H,6-9H2,1-2H3/t11-/m0/s1. The van der Waals surface area contributed by atoms with Crippen LogP contribution in [0, 0.1) is 6.92 Å². The van der Waals surface area contributed by atoms with Crippen LogP contribution in [0.15, 0.2) is 22.9 Å². The summed E-state index contributed by atoms with van der Waals surface area (Å²) in [7, 11) is 0. The van der Waals surface area contributed by atoms with Gasteiger partial charge in [-0.25, -0.2) is 9.97 Å². The van der Waals surface area contributed by atoms with Crippen LogP contribution in [-0.2, 0) is 11.0 Å². The molecule has 0 N–H and O–H groups in total. The van der Waals surface area contributed by atoms with Gasteiger partial charge in [0.2, 0.25) is 11.9 Å². The summed E-state index contributed by atoms with van der Waals surface area (Å²) in [6.07, 6.45) is -1.28. The Morgan fingerprint density at radius 3 is 2.30 bits per heavy atom. The highest BCUT2D eigenvalue weighted by molar-refractivity contribution is 9.10. The van der Waals surface area contributed by atoms with Crippen LogP contribution in [0.2, 0.25) is 0 Å². The monoisotopic (exact) mass is 446 g/mol. The van der Waals surface area contributed by atoms with E-state index < -0.39 is 17.9 Å². The normalized spacial score (nSPS) is 16.5. The molecule has 146 valence electrons. The van der Waals surface area contributed by atoms with Crippen LogP contribution < -0.4 is 4.90 Å². The van der Waals surface area contributed by atoms with Crippen molar-refractivity contribution in [3.63, 3.8) is 0 Å². The van der Waals surface area contributed by atoms with Gasteiger partial charge < -0.3 is 9.80 Å². The van der Waals surface area contributed by atoms with Gasteiger partial charge in [0.25, 0.3) is 0 Å². The van der Waals surface area contributed by atoms with Crippen LogP contribution in [0.25, 0.3) is 0 Å². The Morgan fingerprint density at radius 2 is 1.78 bits per heavy atom. The minimum Gasteiger partial charge on any atom is -0.337 e. The fourth-order valence-corrected chi connectivity index (χ4v) is 3.49. The van der Waals surface area contributed by atoms with Crippen molar-refractivity contribution in [3.05, 3.63) is 34.3 Å². The van der Waals surface area contributed by atoms with E-state index in [2.05, 4.69) is 31.0 Å². The molecule has 0 radical (unpaired) electrons. The van der Waals surface area contributed by atoms with Crippen LogP contribution in [0.3, 0.4) is 0 Å². The van der Waals surface area contributed by atoms with Crippen molar-refractivity contribution >= 4 is 27.8 Å². The van der Waals surface area contributed by atoms with E-state index >= 15 is 0 Å². The zero-order valence-electron chi connectivity index (χ0n) is 14.7. The quantitative estimate of drug-likeness (QED) is 0.724. The van der Waals surface area contributed by atoms with Crippen LogP contribution in [0.1, 0.15) is 24.4 Å². The predicted octanol–water partition coefficient (Wildman–Crippen LogP) is 2.67. The molecule has 27 heavy (non-hydrogen) atoms. The molecule has 0 aromatic carbocycles. The van der Waals surface area contributed by atoms with Gasteiger partial charge in [0, 0.05) is 38.6 Å². The third kappa shape index (κ3) is 3.92. The number of amides is 1. The first-order valence-corrected chi connectivity index (χ1v) is 9.12. The van der Waals surface area contributed by atoms with E-state index in [0.29, 0.717) is 32.1 Å². The lowest BCUT2D eigenvalue weighted by atomic mass is 10.2. The molecule has 2 aromatic heterocycles. The van der Waals surface area contributed by atoms with E-state index in [1.807, 2.05) is 4.90 Å². The number of aromatic nitrogens is 4. The van der Waals surface area contributed by atoms with Crippen molar-refractivity contribution in [3.8, 4) is 0 Å². The molecule has 3 heterocycles. The molecule has 0 bridgehead atoms. The van der Waals surface area contributed by atoms with Gasteiger partial charge in [-0.15, -0.1) is 0 Å². The first kappa shape index (κ1) is 19.6. The van der Waals surface area contributed by atoms with E-state index in [1.54, 1.807) is 30.3 Å². The Hall–Kier alpha value is -2.17. The van der Waals surface area contributed by atoms with Crippen molar-refractivity contribution < 1.29 is 18.0 Å². The molecule has 0 spiro atoms. The molecule has 11 heteroatoms. The first-order chi connectivity index (χ1) is 12.7. The van der Waals surface area contributed by atoms with Gasteiger partial charge in [0.1, 0.15) is 6.04 Å². The van der Waals surface area contributed by atoms with Crippen molar-refractivity contribution in [2.24, 2.45) is 0 Å². The number of hydrogen-bond donors (Lipinski definition) is 0. The number of carbonyl (C=O) groups is 1. The molecular weight excluding hydrogens is 429 g/mol. The Morgan fingerprint density at radius 1 is 1.19 bits per heavy atom. The molecule has 1 saturated heterocycles. The molecule has 3 rings (SSSR count). The summed E-state index contributed by atoms with van der Waals surface area (Å²) in [5.74, 6) is 0.328. The molecular formula is C16H18BrF3N6O. The molecule has 0 aliphatic carbocycles. The van der Waals surface area contributed by atoms with Crippen LogP contribution in [0.5, 0.6) is 0 Å². The zero-order chi connectivity index (χ0) is 19.8. The summed E-state index contributed by atoms with van der Waals surface area (Å²) in [6, 6.07) is 0.891. The maximum atomic E-state index is 13.0. The Kier molecular flexibility index (Phi) is 5.41. The van der Waals surface area contributed by atoms with Gasteiger partial charge in [0.05, 0.1) is 10.2 Å². The van der Waals surface area contributed by atoms with Gasteiger partial charge >= 0.3 is 6.18 Å². The lowest BCUT2D eigenvalue weighted by Gasteiger charge is -2.36. The van der Waals surface area contributed by atoms with E-state index in [1.165, 1.54) is 6.92 Å². The van der Waals surface area contributed by atoms with Gasteiger partial charge in [-0.3, -0.25) is 9.48 Å². The highest BCUT2D eigenvalue weighted by atomic mass is 79.9. The minimum absolute atomic E-state index is 0.138. The van der Waals surface area contributed by atoms with Gasteiger partial charge in [-0.1, -0.05) is 0 Å². The molecule has 2 aromatic rings. The molecule has 1 aliphatic heterocycles. The maximum Gasteiger partial charge on any atom is 0.436 e. The SMILES string of the molecule is Cc1c(Br)c(C(F)(F)F)nn1[C@@H](C)C(=O)N1CCN(c2ncccn2)CC1. The second-order valence-corrected chi connectivity index (χ2v) is 7.02. The number of halogens is 4. The van der Waals surface area contributed by atoms with Crippen LogP contribution in [0.4, 0.5) is 19.1 Å². The molecule has 0 unspecified atom stereocenters. The Balaban J connectivity index is 1.70. The second-order valence-electron chi connectivity index (χ2n) is 6.23. The minimum atomic E-state index is -4.58. The van der Waals surface area contributed by atoms with Gasteiger partial charge in [-0.05, 0) is 35.8 Å². The van der Waals surface area contributed by atoms with E-state index in [0.717, 1.165) is 4.68 Å². The predicted molar refractivity (Wildman–Crippen MR) is 95.2 cm³/mol. The third-order valence-corrected chi connectivity index (χ3v) is 5.45. The molecule has 0 saturated carbocycles. The third-order valence-electron chi connectivity index (χ3n) is 4.50. The highest BCUT2D eigenvalue weighted by Crippen LogP contribution is 2.36. The molecule has 7 nitrogen and oxygen atoms in total.